The fourth-order valence-corrected chi connectivity index (χ4v) is 3.19. The summed E-state index contributed by atoms with van der Waals surface area (Å²) in [6.07, 6.45) is 4.51. The van der Waals surface area contributed by atoms with E-state index >= 15 is 0 Å². The molecular weight excluding hydrogens is 292 g/mol. The van der Waals surface area contributed by atoms with Gasteiger partial charge in [0.05, 0.1) is 10.5 Å². The van der Waals surface area contributed by atoms with E-state index in [0.29, 0.717) is 12.2 Å². The second-order valence-corrected chi connectivity index (χ2v) is 7.18. The minimum atomic E-state index is -3.91. The van der Waals surface area contributed by atoms with Crippen molar-refractivity contribution in [2.75, 3.05) is 11.9 Å². The normalized spacial score (nSPS) is 17.0. The van der Waals surface area contributed by atoms with Crippen molar-refractivity contribution in [1.82, 2.24) is 0 Å². The van der Waals surface area contributed by atoms with E-state index in [9.17, 15) is 18.3 Å². The number of anilines is 1. The molecule has 0 bridgehead atoms. The van der Waals surface area contributed by atoms with Crippen LogP contribution in [-0.4, -0.2) is 26.0 Å². The van der Waals surface area contributed by atoms with Gasteiger partial charge in [-0.15, -0.1) is 0 Å². The summed E-state index contributed by atoms with van der Waals surface area (Å²) in [4.78, 5) is 11.1. The third kappa shape index (κ3) is 3.36. The molecule has 116 valence electrons. The zero-order valence-corrected chi connectivity index (χ0v) is 12.7. The van der Waals surface area contributed by atoms with Crippen LogP contribution < -0.4 is 10.5 Å². The van der Waals surface area contributed by atoms with Gasteiger partial charge in [-0.25, -0.2) is 18.4 Å². The van der Waals surface area contributed by atoms with Crippen molar-refractivity contribution < 1.29 is 18.3 Å². The van der Waals surface area contributed by atoms with Crippen molar-refractivity contribution in [3.05, 3.63) is 23.8 Å². The molecule has 0 spiro atoms. The molecule has 0 aromatic heterocycles. The highest BCUT2D eigenvalue weighted by molar-refractivity contribution is 7.89. The van der Waals surface area contributed by atoms with Crippen molar-refractivity contribution in [3.63, 3.8) is 0 Å². The molecule has 0 atom stereocenters. The summed E-state index contributed by atoms with van der Waals surface area (Å²) in [6, 6.07) is 3.88. The molecule has 21 heavy (non-hydrogen) atoms. The number of nitrogens with two attached hydrogens (primary N) is 1. The molecule has 0 saturated heterocycles. The fraction of sp³-hybridized carbons (Fsp3) is 0.500. The Bertz CT molecular complexity index is 645. The Kier molecular flexibility index (Phi) is 4.25. The zero-order chi connectivity index (χ0) is 15.7. The van der Waals surface area contributed by atoms with Crippen LogP contribution in [0.2, 0.25) is 0 Å². The molecular formula is C14H20N2O4S. The molecule has 6 nitrogen and oxygen atoms in total. The summed E-state index contributed by atoms with van der Waals surface area (Å²) in [5.41, 5.74) is 0.579. The maximum absolute atomic E-state index is 11.3. The monoisotopic (exact) mass is 312 g/mol. The molecule has 0 radical (unpaired) electrons. The van der Waals surface area contributed by atoms with Crippen molar-refractivity contribution in [2.45, 2.75) is 37.5 Å². The molecule has 2 rings (SSSR count). The lowest BCUT2D eigenvalue weighted by Gasteiger charge is -2.41. The summed E-state index contributed by atoms with van der Waals surface area (Å²) in [5.74, 6) is -1.18. The standard InChI is InChI=1S/C14H20N2O4S/c1-2-14(6-3-7-14)9-16-12-5-4-10(21(15,19)20)8-11(12)13(17)18/h4-5,8,16H,2-3,6-7,9H2,1H3,(H,17,18)(H2,15,19,20). The number of sulfonamides is 1. The topological polar surface area (TPSA) is 109 Å². The zero-order valence-electron chi connectivity index (χ0n) is 11.9. The molecule has 0 unspecified atom stereocenters. The maximum Gasteiger partial charge on any atom is 0.337 e. The van der Waals surface area contributed by atoms with Gasteiger partial charge >= 0.3 is 5.97 Å². The summed E-state index contributed by atoms with van der Waals surface area (Å²) >= 11 is 0. The molecule has 0 aliphatic heterocycles. The van der Waals surface area contributed by atoms with Gasteiger partial charge < -0.3 is 10.4 Å². The average Bonchev–Trinajstić information content (AvgIpc) is 2.36. The average molecular weight is 312 g/mol. The van der Waals surface area contributed by atoms with Gasteiger partial charge in [-0.2, -0.15) is 0 Å². The predicted molar refractivity (Wildman–Crippen MR) is 79.8 cm³/mol. The SMILES string of the molecule is CCC1(CNc2ccc(S(N)(=O)=O)cc2C(=O)O)CCC1. The summed E-state index contributed by atoms with van der Waals surface area (Å²) in [5, 5.41) is 17.4. The Balaban J connectivity index is 2.25. The summed E-state index contributed by atoms with van der Waals surface area (Å²) in [6.45, 7) is 2.82. The van der Waals surface area contributed by atoms with Gasteiger partial charge in [0.15, 0.2) is 0 Å². The molecule has 1 fully saturated rings. The first-order valence-electron chi connectivity index (χ1n) is 6.91. The maximum atomic E-state index is 11.3. The minimum Gasteiger partial charge on any atom is -0.478 e. The number of hydrogen-bond acceptors (Lipinski definition) is 4. The molecule has 1 saturated carbocycles. The second kappa shape index (κ2) is 5.65. The first kappa shape index (κ1) is 15.8. The highest BCUT2D eigenvalue weighted by Crippen LogP contribution is 2.43. The Morgan fingerprint density at radius 1 is 1.43 bits per heavy atom. The minimum absolute atomic E-state index is 0.0768. The molecule has 0 amide bonds. The molecule has 1 aromatic carbocycles. The van der Waals surface area contributed by atoms with Crippen LogP contribution in [-0.2, 0) is 10.0 Å². The summed E-state index contributed by atoms with van der Waals surface area (Å²) in [7, 11) is -3.91. The number of carboxylic acid groups (broad SMARTS) is 1. The van der Waals surface area contributed by atoms with E-state index in [0.717, 1.165) is 25.3 Å². The molecule has 4 N–H and O–H groups in total. The van der Waals surface area contributed by atoms with Crippen LogP contribution in [0.1, 0.15) is 43.0 Å². The van der Waals surface area contributed by atoms with E-state index in [2.05, 4.69) is 12.2 Å². The molecule has 1 aliphatic rings. The fourth-order valence-electron chi connectivity index (χ4n) is 2.65. The van der Waals surface area contributed by atoms with Gasteiger partial charge in [-0.1, -0.05) is 13.3 Å². The lowest BCUT2D eigenvalue weighted by atomic mass is 9.67. The second-order valence-electron chi connectivity index (χ2n) is 5.62. The van der Waals surface area contributed by atoms with Crippen LogP contribution in [0, 0.1) is 5.41 Å². The molecule has 1 aromatic rings. The van der Waals surface area contributed by atoms with Gasteiger partial charge in [0.1, 0.15) is 0 Å². The van der Waals surface area contributed by atoms with Crippen LogP contribution in [0.25, 0.3) is 0 Å². The van der Waals surface area contributed by atoms with E-state index in [-0.39, 0.29) is 15.9 Å². The smallest absolute Gasteiger partial charge is 0.337 e. The number of carbonyl (C=O) groups is 1. The largest absolute Gasteiger partial charge is 0.478 e. The Morgan fingerprint density at radius 3 is 2.52 bits per heavy atom. The highest BCUT2D eigenvalue weighted by atomic mass is 32.2. The van der Waals surface area contributed by atoms with E-state index < -0.39 is 16.0 Å². The van der Waals surface area contributed by atoms with Gasteiger partial charge in [-0.3, -0.25) is 0 Å². The van der Waals surface area contributed by atoms with Crippen LogP contribution in [0.5, 0.6) is 0 Å². The number of rotatable bonds is 6. The summed E-state index contributed by atoms with van der Waals surface area (Å²) < 4.78 is 22.6. The number of nitrogens with one attached hydrogen (secondary N) is 1. The Morgan fingerprint density at radius 2 is 2.10 bits per heavy atom. The van der Waals surface area contributed by atoms with Crippen molar-refractivity contribution in [2.24, 2.45) is 10.6 Å². The van der Waals surface area contributed by atoms with Crippen LogP contribution in [0.4, 0.5) is 5.69 Å². The van der Waals surface area contributed by atoms with E-state index in [1.165, 1.54) is 18.6 Å². The highest BCUT2D eigenvalue weighted by Gasteiger charge is 2.34. The number of benzene rings is 1. The first-order valence-corrected chi connectivity index (χ1v) is 8.46. The van der Waals surface area contributed by atoms with Gasteiger partial charge in [0, 0.05) is 12.2 Å². The van der Waals surface area contributed by atoms with E-state index in [1.54, 1.807) is 0 Å². The predicted octanol–water partition coefficient (Wildman–Crippen LogP) is 2.02. The molecule has 0 heterocycles. The number of carboxylic acids is 1. The molecule has 7 heteroatoms. The van der Waals surface area contributed by atoms with Gasteiger partial charge in [0.2, 0.25) is 10.0 Å². The Labute approximate surface area is 124 Å². The number of aromatic carboxylic acids is 1. The third-order valence-electron chi connectivity index (χ3n) is 4.37. The Hall–Kier alpha value is -1.60. The van der Waals surface area contributed by atoms with E-state index in [1.807, 2.05) is 0 Å². The third-order valence-corrected chi connectivity index (χ3v) is 5.28. The first-order chi connectivity index (χ1) is 9.77. The van der Waals surface area contributed by atoms with Gasteiger partial charge in [0.25, 0.3) is 0 Å². The number of primary sulfonamides is 1. The van der Waals surface area contributed by atoms with Crippen LogP contribution >= 0.6 is 0 Å². The van der Waals surface area contributed by atoms with Crippen molar-refractivity contribution >= 4 is 21.7 Å². The van der Waals surface area contributed by atoms with Crippen LogP contribution in [0.15, 0.2) is 23.1 Å². The van der Waals surface area contributed by atoms with Crippen molar-refractivity contribution in [3.8, 4) is 0 Å². The van der Waals surface area contributed by atoms with Crippen molar-refractivity contribution in [1.29, 1.82) is 0 Å². The molecule has 1 aliphatic carbocycles. The van der Waals surface area contributed by atoms with E-state index in [4.69, 9.17) is 5.14 Å². The van der Waals surface area contributed by atoms with Crippen LogP contribution in [0.3, 0.4) is 0 Å². The quantitative estimate of drug-likeness (QED) is 0.744. The van der Waals surface area contributed by atoms with Gasteiger partial charge in [-0.05, 0) is 42.9 Å². The lowest BCUT2D eigenvalue weighted by Crippen LogP contribution is -2.36. The lowest BCUT2D eigenvalue weighted by molar-refractivity contribution is 0.0697. The number of hydrogen-bond donors (Lipinski definition) is 3.